The third-order valence-electron chi connectivity index (χ3n) is 4.56. The third kappa shape index (κ3) is 5.55. The molecule has 0 saturated carbocycles. The number of carbonyl (C=O) groups excluding carboxylic acids is 1. The first kappa shape index (κ1) is 21.2. The van der Waals surface area contributed by atoms with Crippen LogP contribution in [0.25, 0.3) is 5.82 Å². The van der Waals surface area contributed by atoms with Crippen molar-refractivity contribution in [3.63, 3.8) is 0 Å². The number of carbonyl (C=O) groups is 1. The number of nitrogens with one attached hydrogen (secondary N) is 1. The molecule has 1 N–H and O–H groups in total. The van der Waals surface area contributed by atoms with Gasteiger partial charge in [0.25, 0.3) is 0 Å². The molecule has 8 nitrogen and oxygen atoms in total. The van der Waals surface area contributed by atoms with Crippen molar-refractivity contribution in [1.29, 1.82) is 0 Å². The van der Waals surface area contributed by atoms with Gasteiger partial charge in [-0.05, 0) is 55.8 Å². The molecule has 0 aliphatic rings. The maximum absolute atomic E-state index is 12.1. The molecule has 0 bridgehead atoms. The first-order valence-electron chi connectivity index (χ1n) is 10.1. The lowest BCUT2D eigenvalue weighted by atomic mass is 10.2. The van der Waals surface area contributed by atoms with Gasteiger partial charge in [0.1, 0.15) is 12.4 Å². The summed E-state index contributed by atoms with van der Waals surface area (Å²) in [5.41, 5.74) is 3.57. The van der Waals surface area contributed by atoms with Gasteiger partial charge in [0.05, 0.1) is 12.3 Å². The van der Waals surface area contributed by atoms with Crippen molar-refractivity contribution in [2.75, 3.05) is 11.9 Å². The number of hydrogen-bond donors (Lipinski definition) is 1. The maximum Gasteiger partial charge on any atom is 0.250 e. The topological polar surface area (TPSA) is 91.2 Å². The first-order chi connectivity index (χ1) is 15.6. The van der Waals surface area contributed by atoms with Gasteiger partial charge in [0, 0.05) is 17.4 Å². The fraction of sp³-hybridized carbons (Fsp3) is 0.167. The van der Waals surface area contributed by atoms with E-state index < -0.39 is 0 Å². The van der Waals surface area contributed by atoms with Crippen LogP contribution in [0.4, 0.5) is 5.69 Å². The molecule has 162 valence electrons. The number of amides is 1. The fourth-order valence-electron chi connectivity index (χ4n) is 3.10. The number of benzene rings is 2. The standard InChI is InChI=1S/C24H23N5O3/c1-17-14-18(2)29(28-17)22-12-13-24(27-26-22)32-21-10-8-20(9-11-21)25-23(30)16-31-15-19-6-4-3-5-7-19/h3-14H,15-16H2,1-2H3,(H,25,30). The summed E-state index contributed by atoms with van der Waals surface area (Å²) in [5, 5.41) is 15.5. The lowest BCUT2D eigenvalue weighted by molar-refractivity contribution is -0.121. The predicted octanol–water partition coefficient (Wildman–Crippen LogP) is 4.23. The Kier molecular flexibility index (Phi) is 6.52. The van der Waals surface area contributed by atoms with Gasteiger partial charge in [0.15, 0.2) is 5.82 Å². The molecular formula is C24H23N5O3. The van der Waals surface area contributed by atoms with Gasteiger partial charge in [-0.2, -0.15) is 5.10 Å². The van der Waals surface area contributed by atoms with E-state index in [1.54, 1.807) is 41.1 Å². The van der Waals surface area contributed by atoms with E-state index in [1.807, 2.05) is 50.2 Å². The molecule has 2 aromatic carbocycles. The molecule has 0 spiro atoms. The van der Waals surface area contributed by atoms with Gasteiger partial charge in [-0.25, -0.2) is 4.68 Å². The monoisotopic (exact) mass is 429 g/mol. The van der Waals surface area contributed by atoms with Crippen LogP contribution in [0.2, 0.25) is 0 Å². The van der Waals surface area contributed by atoms with Gasteiger partial charge in [0.2, 0.25) is 11.8 Å². The average molecular weight is 429 g/mol. The summed E-state index contributed by atoms with van der Waals surface area (Å²) in [6, 6.07) is 22.2. The Morgan fingerprint density at radius 1 is 0.969 bits per heavy atom. The molecule has 32 heavy (non-hydrogen) atoms. The maximum atomic E-state index is 12.1. The Hall–Kier alpha value is -4.04. The zero-order valence-electron chi connectivity index (χ0n) is 17.9. The summed E-state index contributed by atoms with van der Waals surface area (Å²) < 4.78 is 12.9. The third-order valence-corrected chi connectivity index (χ3v) is 4.56. The first-order valence-corrected chi connectivity index (χ1v) is 10.1. The molecule has 8 heteroatoms. The molecule has 0 fully saturated rings. The van der Waals surface area contributed by atoms with E-state index in [9.17, 15) is 4.79 Å². The smallest absolute Gasteiger partial charge is 0.250 e. The Morgan fingerprint density at radius 3 is 2.41 bits per heavy atom. The minimum Gasteiger partial charge on any atom is -0.438 e. The van der Waals surface area contributed by atoms with Gasteiger partial charge in [-0.1, -0.05) is 30.3 Å². The molecule has 2 heterocycles. The van der Waals surface area contributed by atoms with Crippen molar-refractivity contribution >= 4 is 11.6 Å². The SMILES string of the molecule is Cc1cc(C)n(-c2ccc(Oc3ccc(NC(=O)COCc4ccccc4)cc3)nn2)n1. The van der Waals surface area contributed by atoms with Crippen molar-refractivity contribution in [3.05, 3.63) is 89.7 Å². The zero-order chi connectivity index (χ0) is 22.3. The number of anilines is 1. The van der Waals surface area contributed by atoms with E-state index in [-0.39, 0.29) is 12.5 Å². The lowest BCUT2D eigenvalue weighted by Gasteiger charge is -2.08. The number of hydrogen-bond acceptors (Lipinski definition) is 6. The van der Waals surface area contributed by atoms with Gasteiger partial charge in [-0.15, -0.1) is 10.2 Å². The van der Waals surface area contributed by atoms with E-state index in [0.717, 1.165) is 17.0 Å². The normalized spacial score (nSPS) is 10.7. The van der Waals surface area contributed by atoms with Gasteiger partial charge in [-0.3, -0.25) is 4.79 Å². The summed E-state index contributed by atoms with van der Waals surface area (Å²) >= 11 is 0. The van der Waals surface area contributed by atoms with E-state index >= 15 is 0 Å². The number of ether oxygens (including phenoxy) is 2. The highest BCUT2D eigenvalue weighted by Crippen LogP contribution is 2.21. The van der Waals surface area contributed by atoms with E-state index in [2.05, 4.69) is 20.6 Å². The van der Waals surface area contributed by atoms with Gasteiger partial charge < -0.3 is 14.8 Å². The molecule has 0 saturated heterocycles. The van der Waals surface area contributed by atoms with Crippen molar-refractivity contribution in [3.8, 4) is 17.4 Å². The van der Waals surface area contributed by atoms with Crippen molar-refractivity contribution in [2.45, 2.75) is 20.5 Å². The highest BCUT2D eigenvalue weighted by atomic mass is 16.5. The van der Waals surface area contributed by atoms with Crippen molar-refractivity contribution in [2.24, 2.45) is 0 Å². The minimum absolute atomic E-state index is 0.0235. The number of aromatic nitrogens is 4. The number of nitrogens with zero attached hydrogens (tertiary/aromatic N) is 4. The van der Waals surface area contributed by atoms with Gasteiger partial charge >= 0.3 is 0 Å². The highest BCUT2D eigenvalue weighted by molar-refractivity contribution is 5.91. The van der Waals surface area contributed by atoms with Crippen LogP contribution in [0.1, 0.15) is 17.0 Å². The largest absolute Gasteiger partial charge is 0.438 e. The summed E-state index contributed by atoms with van der Waals surface area (Å²) in [4.78, 5) is 12.1. The van der Waals surface area contributed by atoms with Crippen LogP contribution < -0.4 is 10.1 Å². The quantitative estimate of drug-likeness (QED) is 0.451. The average Bonchev–Trinajstić information content (AvgIpc) is 3.14. The molecule has 0 aliphatic heterocycles. The molecule has 1 amide bonds. The van der Waals surface area contributed by atoms with E-state index in [0.29, 0.717) is 29.7 Å². The molecule has 0 unspecified atom stereocenters. The predicted molar refractivity (Wildman–Crippen MR) is 120 cm³/mol. The Labute approximate surface area is 185 Å². The molecule has 0 atom stereocenters. The van der Waals surface area contributed by atoms with Crippen molar-refractivity contribution in [1.82, 2.24) is 20.0 Å². The molecule has 4 rings (SSSR count). The van der Waals surface area contributed by atoms with Crippen LogP contribution in [0.3, 0.4) is 0 Å². The van der Waals surface area contributed by atoms with Crippen LogP contribution >= 0.6 is 0 Å². The van der Waals surface area contributed by atoms with E-state index in [1.165, 1.54) is 0 Å². The summed E-state index contributed by atoms with van der Waals surface area (Å²) in [6.07, 6.45) is 0. The highest BCUT2D eigenvalue weighted by Gasteiger charge is 2.08. The van der Waals surface area contributed by atoms with Crippen LogP contribution in [-0.4, -0.2) is 32.5 Å². The number of aryl methyl sites for hydroxylation is 2. The minimum atomic E-state index is -0.222. The second-order valence-electron chi connectivity index (χ2n) is 7.22. The lowest BCUT2D eigenvalue weighted by Crippen LogP contribution is -2.18. The van der Waals surface area contributed by atoms with Crippen LogP contribution in [0.15, 0.2) is 72.8 Å². The molecule has 0 radical (unpaired) electrons. The summed E-state index contributed by atoms with van der Waals surface area (Å²) in [6.45, 7) is 4.25. The molecular weight excluding hydrogens is 406 g/mol. The zero-order valence-corrected chi connectivity index (χ0v) is 17.9. The fourth-order valence-corrected chi connectivity index (χ4v) is 3.10. The second-order valence-corrected chi connectivity index (χ2v) is 7.22. The van der Waals surface area contributed by atoms with Crippen molar-refractivity contribution < 1.29 is 14.3 Å². The Morgan fingerprint density at radius 2 is 1.75 bits per heavy atom. The Balaban J connectivity index is 1.28. The molecule has 0 aliphatic carbocycles. The van der Waals surface area contributed by atoms with Crippen LogP contribution in [0, 0.1) is 13.8 Å². The van der Waals surface area contributed by atoms with Crippen LogP contribution in [-0.2, 0) is 16.1 Å². The summed E-state index contributed by atoms with van der Waals surface area (Å²) in [7, 11) is 0. The van der Waals surface area contributed by atoms with Crippen LogP contribution in [0.5, 0.6) is 11.6 Å². The summed E-state index contributed by atoms with van der Waals surface area (Å²) in [5.74, 6) is 1.34. The number of rotatable bonds is 8. The Bertz CT molecular complexity index is 1170. The second kappa shape index (κ2) is 9.84. The molecule has 4 aromatic rings. The van der Waals surface area contributed by atoms with E-state index in [4.69, 9.17) is 9.47 Å². The molecule has 2 aromatic heterocycles.